The summed E-state index contributed by atoms with van der Waals surface area (Å²) in [6.07, 6.45) is -0.0737. The number of hydrogen-bond donors (Lipinski definition) is 1. The van der Waals surface area contributed by atoms with Gasteiger partial charge in [0.15, 0.2) is 0 Å². The maximum atomic E-state index is 12.9. The SMILES string of the molecule is CN1C(=O)N(CCC(=O)O)CC1c1ccc(F)cc1. The number of carboxylic acid groups (broad SMARTS) is 1. The van der Waals surface area contributed by atoms with Gasteiger partial charge in [-0.2, -0.15) is 0 Å². The lowest BCUT2D eigenvalue weighted by Gasteiger charge is -2.17. The van der Waals surface area contributed by atoms with Crippen LogP contribution in [-0.4, -0.2) is 47.0 Å². The van der Waals surface area contributed by atoms with Gasteiger partial charge in [0.05, 0.1) is 12.5 Å². The summed E-state index contributed by atoms with van der Waals surface area (Å²) in [7, 11) is 1.66. The maximum Gasteiger partial charge on any atom is 0.320 e. The summed E-state index contributed by atoms with van der Waals surface area (Å²) >= 11 is 0. The molecule has 1 aromatic rings. The van der Waals surface area contributed by atoms with Crippen LogP contribution in [0.5, 0.6) is 0 Å². The zero-order valence-corrected chi connectivity index (χ0v) is 10.5. The van der Waals surface area contributed by atoms with Crippen LogP contribution in [-0.2, 0) is 4.79 Å². The van der Waals surface area contributed by atoms with E-state index in [1.807, 2.05) is 0 Å². The van der Waals surface area contributed by atoms with E-state index in [1.54, 1.807) is 24.1 Å². The normalized spacial score (nSPS) is 19.1. The molecule has 1 saturated heterocycles. The minimum atomic E-state index is -0.930. The van der Waals surface area contributed by atoms with E-state index in [-0.39, 0.29) is 30.9 Å². The predicted molar refractivity (Wildman–Crippen MR) is 66.1 cm³/mol. The van der Waals surface area contributed by atoms with Crippen LogP contribution in [0, 0.1) is 5.82 Å². The average Bonchev–Trinajstić information content (AvgIpc) is 2.65. The molecule has 0 spiro atoms. The molecule has 0 radical (unpaired) electrons. The summed E-state index contributed by atoms with van der Waals surface area (Å²) < 4.78 is 12.9. The Morgan fingerprint density at radius 1 is 1.42 bits per heavy atom. The first-order valence-electron chi connectivity index (χ1n) is 5.98. The Hall–Kier alpha value is -2.11. The maximum absolute atomic E-state index is 12.9. The van der Waals surface area contributed by atoms with Crippen molar-refractivity contribution in [3.8, 4) is 0 Å². The van der Waals surface area contributed by atoms with Gasteiger partial charge in [0.2, 0.25) is 0 Å². The molecule has 102 valence electrons. The number of urea groups is 1. The second kappa shape index (κ2) is 5.26. The molecule has 0 saturated carbocycles. The average molecular weight is 266 g/mol. The van der Waals surface area contributed by atoms with Gasteiger partial charge in [-0.3, -0.25) is 4.79 Å². The summed E-state index contributed by atoms with van der Waals surface area (Å²) in [5, 5.41) is 8.65. The van der Waals surface area contributed by atoms with Gasteiger partial charge in [-0.1, -0.05) is 12.1 Å². The first-order valence-corrected chi connectivity index (χ1v) is 5.98. The van der Waals surface area contributed by atoms with Crippen LogP contribution in [0.3, 0.4) is 0 Å². The topological polar surface area (TPSA) is 60.9 Å². The minimum Gasteiger partial charge on any atom is -0.481 e. The second-order valence-corrected chi connectivity index (χ2v) is 4.55. The van der Waals surface area contributed by atoms with Crippen LogP contribution in [0.4, 0.5) is 9.18 Å². The van der Waals surface area contributed by atoms with E-state index in [2.05, 4.69) is 0 Å². The quantitative estimate of drug-likeness (QED) is 0.902. The first-order chi connectivity index (χ1) is 8.99. The van der Waals surface area contributed by atoms with Gasteiger partial charge in [0.25, 0.3) is 0 Å². The van der Waals surface area contributed by atoms with E-state index in [0.717, 1.165) is 5.56 Å². The molecule has 1 fully saturated rings. The molecule has 1 atom stereocenters. The summed E-state index contributed by atoms with van der Waals surface area (Å²) in [6, 6.07) is 5.63. The van der Waals surface area contributed by atoms with Crippen molar-refractivity contribution in [3.63, 3.8) is 0 Å². The smallest absolute Gasteiger partial charge is 0.320 e. The molecule has 0 bridgehead atoms. The number of benzene rings is 1. The lowest BCUT2D eigenvalue weighted by Crippen LogP contribution is -2.31. The van der Waals surface area contributed by atoms with E-state index in [0.29, 0.717) is 6.54 Å². The standard InChI is InChI=1S/C13H15FN2O3/c1-15-11(9-2-4-10(14)5-3-9)8-16(13(15)19)7-6-12(17)18/h2-5,11H,6-8H2,1H3,(H,17,18). The number of carbonyl (C=O) groups is 2. The number of hydrogen-bond acceptors (Lipinski definition) is 2. The van der Waals surface area contributed by atoms with Crippen molar-refractivity contribution in [2.24, 2.45) is 0 Å². The van der Waals surface area contributed by atoms with Gasteiger partial charge in [0, 0.05) is 20.1 Å². The van der Waals surface area contributed by atoms with Crippen LogP contribution < -0.4 is 0 Å². The molecule has 1 heterocycles. The van der Waals surface area contributed by atoms with Crippen LogP contribution in [0.2, 0.25) is 0 Å². The van der Waals surface area contributed by atoms with E-state index in [4.69, 9.17) is 5.11 Å². The largest absolute Gasteiger partial charge is 0.481 e. The van der Waals surface area contributed by atoms with Gasteiger partial charge < -0.3 is 14.9 Å². The van der Waals surface area contributed by atoms with Crippen molar-refractivity contribution in [2.75, 3.05) is 20.1 Å². The van der Waals surface area contributed by atoms with Crippen LogP contribution in [0.1, 0.15) is 18.0 Å². The molecule has 5 nitrogen and oxygen atoms in total. The Balaban J connectivity index is 2.09. The number of aliphatic carboxylic acids is 1. The third-order valence-corrected chi connectivity index (χ3v) is 3.28. The highest BCUT2D eigenvalue weighted by Crippen LogP contribution is 2.28. The van der Waals surface area contributed by atoms with Crippen molar-refractivity contribution in [2.45, 2.75) is 12.5 Å². The van der Waals surface area contributed by atoms with Crippen molar-refractivity contribution in [1.29, 1.82) is 0 Å². The molecule has 1 aromatic carbocycles. The molecular weight excluding hydrogens is 251 g/mol. The number of nitrogens with zero attached hydrogens (tertiary/aromatic N) is 2. The third-order valence-electron chi connectivity index (χ3n) is 3.28. The zero-order chi connectivity index (χ0) is 14.0. The molecule has 1 aliphatic heterocycles. The van der Waals surface area contributed by atoms with Crippen LogP contribution in [0.25, 0.3) is 0 Å². The van der Waals surface area contributed by atoms with Crippen LogP contribution in [0.15, 0.2) is 24.3 Å². The van der Waals surface area contributed by atoms with Crippen molar-refractivity contribution >= 4 is 12.0 Å². The minimum absolute atomic E-state index is 0.0737. The highest BCUT2D eigenvalue weighted by molar-refractivity contribution is 5.78. The highest BCUT2D eigenvalue weighted by Gasteiger charge is 2.35. The predicted octanol–water partition coefficient (Wildman–Crippen LogP) is 1.71. The Bertz CT molecular complexity index is 489. The van der Waals surface area contributed by atoms with Gasteiger partial charge in [0.1, 0.15) is 5.82 Å². The molecule has 0 aromatic heterocycles. The summed E-state index contributed by atoms with van der Waals surface area (Å²) in [4.78, 5) is 25.5. The van der Waals surface area contributed by atoms with Gasteiger partial charge in [-0.15, -0.1) is 0 Å². The Labute approximate surface area is 110 Å². The second-order valence-electron chi connectivity index (χ2n) is 4.55. The van der Waals surface area contributed by atoms with E-state index < -0.39 is 5.97 Å². The number of likely N-dealkylation sites (N-methyl/N-ethyl adjacent to an activating group) is 1. The molecular formula is C13H15FN2O3. The third kappa shape index (κ3) is 2.83. The number of rotatable bonds is 4. The Morgan fingerprint density at radius 2 is 2.05 bits per heavy atom. The Kier molecular flexibility index (Phi) is 3.69. The number of amides is 2. The molecule has 1 N–H and O–H groups in total. The van der Waals surface area contributed by atoms with E-state index in [1.165, 1.54) is 17.0 Å². The number of carboxylic acids is 1. The molecule has 6 heteroatoms. The molecule has 2 rings (SSSR count). The summed E-state index contributed by atoms with van der Waals surface area (Å²) in [5.41, 5.74) is 0.843. The fourth-order valence-corrected chi connectivity index (χ4v) is 2.20. The number of halogens is 1. The lowest BCUT2D eigenvalue weighted by atomic mass is 10.1. The summed E-state index contributed by atoms with van der Waals surface area (Å²) in [6.45, 7) is 0.616. The van der Waals surface area contributed by atoms with Gasteiger partial charge in [-0.05, 0) is 17.7 Å². The fourth-order valence-electron chi connectivity index (χ4n) is 2.20. The first kappa shape index (κ1) is 13.3. The lowest BCUT2D eigenvalue weighted by molar-refractivity contribution is -0.137. The molecule has 1 aliphatic rings. The number of carbonyl (C=O) groups excluding carboxylic acids is 1. The molecule has 2 amide bonds. The Morgan fingerprint density at radius 3 is 2.63 bits per heavy atom. The van der Waals surface area contributed by atoms with E-state index in [9.17, 15) is 14.0 Å². The summed E-state index contributed by atoms with van der Waals surface area (Å²) in [5.74, 6) is -1.25. The van der Waals surface area contributed by atoms with Crippen molar-refractivity contribution in [1.82, 2.24) is 9.80 Å². The van der Waals surface area contributed by atoms with Gasteiger partial charge in [-0.25, -0.2) is 9.18 Å². The van der Waals surface area contributed by atoms with E-state index >= 15 is 0 Å². The highest BCUT2D eigenvalue weighted by atomic mass is 19.1. The van der Waals surface area contributed by atoms with Gasteiger partial charge >= 0.3 is 12.0 Å². The van der Waals surface area contributed by atoms with Crippen LogP contribution >= 0.6 is 0 Å². The zero-order valence-electron chi connectivity index (χ0n) is 10.5. The monoisotopic (exact) mass is 266 g/mol. The molecule has 0 aliphatic carbocycles. The molecule has 1 unspecified atom stereocenters. The molecule has 19 heavy (non-hydrogen) atoms. The fraction of sp³-hybridized carbons (Fsp3) is 0.385. The van der Waals surface area contributed by atoms with Crippen molar-refractivity contribution < 1.29 is 19.1 Å². The van der Waals surface area contributed by atoms with Crippen molar-refractivity contribution in [3.05, 3.63) is 35.6 Å².